The van der Waals surface area contributed by atoms with Crippen LogP contribution in [0.3, 0.4) is 0 Å². The second-order valence-corrected chi connectivity index (χ2v) is 5.49. The zero-order valence-electron chi connectivity index (χ0n) is 11.4. The average molecular weight is 304 g/mol. The fraction of sp³-hybridized carbons (Fsp3) is 0.200. The second-order valence-electron chi connectivity index (χ2n) is 4.38. The van der Waals surface area contributed by atoms with Crippen LogP contribution in [0.1, 0.15) is 27.3 Å². The minimum absolute atomic E-state index is 0.0313. The van der Waals surface area contributed by atoms with Gasteiger partial charge in [0, 0.05) is 11.3 Å². The molecule has 0 unspecified atom stereocenters. The first-order valence-corrected chi connectivity index (χ1v) is 7.23. The molecule has 0 atom stereocenters. The van der Waals surface area contributed by atoms with Gasteiger partial charge in [-0.2, -0.15) is 0 Å². The van der Waals surface area contributed by atoms with Gasteiger partial charge in [0.2, 0.25) is 0 Å². The monoisotopic (exact) mass is 304 g/mol. The number of hydrogen-bond donors (Lipinski definition) is 2. The second kappa shape index (κ2) is 6.90. The number of aromatic carboxylic acids is 1. The summed E-state index contributed by atoms with van der Waals surface area (Å²) >= 11 is 1.20. The van der Waals surface area contributed by atoms with Crippen molar-refractivity contribution in [1.82, 2.24) is 4.98 Å². The largest absolute Gasteiger partial charge is 0.493 e. The third-order valence-electron chi connectivity index (χ3n) is 2.80. The van der Waals surface area contributed by atoms with Crippen molar-refractivity contribution in [3.63, 3.8) is 0 Å². The molecule has 0 spiro atoms. The summed E-state index contributed by atoms with van der Waals surface area (Å²) in [6.45, 7) is 4.23. The van der Waals surface area contributed by atoms with Gasteiger partial charge >= 0.3 is 5.97 Å². The molecule has 1 aromatic heterocycles. The molecule has 0 amide bonds. The van der Waals surface area contributed by atoms with E-state index in [-0.39, 0.29) is 10.8 Å². The van der Waals surface area contributed by atoms with E-state index in [9.17, 15) is 4.79 Å². The number of nitrogens with zero attached hydrogens (tertiary/aromatic N) is 1. The molecule has 21 heavy (non-hydrogen) atoms. The van der Waals surface area contributed by atoms with E-state index >= 15 is 0 Å². The Kier molecular flexibility index (Phi) is 4.94. The third kappa shape index (κ3) is 4.06. The minimum atomic E-state index is -1.05. The standard InChI is InChI=1S/C15H16N2O3S/c1-2-3-8-20-11-6-4-10(5-7-11)9-12-13(14(18)19)17-15(16)21-12/h2,4-7H,1,3,8-9H2,(H2,16,17)(H,18,19). The summed E-state index contributed by atoms with van der Waals surface area (Å²) in [7, 11) is 0. The highest BCUT2D eigenvalue weighted by molar-refractivity contribution is 7.15. The van der Waals surface area contributed by atoms with Crippen molar-refractivity contribution in [2.24, 2.45) is 0 Å². The normalized spacial score (nSPS) is 10.3. The number of rotatable bonds is 7. The summed E-state index contributed by atoms with van der Waals surface area (Å²) in [5.74, 6) is -0.273. The number of aromatic nitrogens is 1. The van der Waals surface area contributed by atoms with Crippen LogP contribution in [-0.4, -0.2) is 22.7 Å². The Morgan fingerprint density at radius 2 is 2.14 bits per heavy atom. The lowest BCUT2D eigenvalue weighted by molar-refractivity contribution is 0.0690. The molecule has 0 radical (unpaired) electrons. The van der Waals surface area contributed by atoms with Gasteiger partial charge in [0.1, 0.15) is 5.75 Å². The van der Waals surface area contributed by atoms with E-state index in [1.54, 1.807) is 6.08 Å². The molecule has 0 aliphatic carbocycles. The number of anilines is 1. The Morgan fingerprint density at radius 1 is 1.43 bits per heavy atom. The number of ether oxygens (including phenoxy) is 1. The number of carbonyl (C=O) groups is 1. The van der Waals surface area contributed by atoms with Gasteiger partial charge in [-0.15, -0.1) is 17.9 Å². The molecule has 0 bridgehead atoms. The number of carboxylic acids is 1. The summed E-state index contributed by atoms with van der Waals surface area (Å²) in [4.78, 5) is 15.6. The van der Waals surface area contributed by atoms with Crippen molar-refractivity contribution >= 4 is 22.4 Å². The number of carboxylic acid groups (broad SMARTS) is 1. The lowest BCUT2D eigenvalue weighted by Crippen LogP contribution is -2.02. The van der Waals surface area contributed by atoms with Crippen molar-refractivity contribution < 1.29 is 14.6 Å². The van der Waals surface area contributed by atoms with Gasteiger partial charge in [0.15, 0.2) is 10.8 Å². The summed E-state index contributed by atoms with van der Waals surface area (Å²) in [5.41, 5.74) is 6.59. The van der Waals surface area contributed by atoms with Crippen molar-refractivity contribution in [2.75, 3.05) is 12.3 Å². The average Bonchev–Trinajstić information content (AvgIpc) is 2.82. The number of benzene rings is 1. The topological polar surface area (TPSA) is 85.4 Å². The molecular formula is C15H16N2O3S. The van der Waals surface area contributed by atoms with Crippen molar-refractivity contribution in [3.05, 3.63) is 53.1 Å². The summed E-state index contributed by atoms with van der Waals surface area (Å²) in [6.07, 6.45) is 3.09. The van der Waals surface area contributed by atoms with E-state index in [1.165, 1.54) is 11.3 Å². The van der Waals surface area contributed by atoms with Gasteiger partial charge in [0.25, 0.3) is 0 Å². The van der Waals surface area contributed by atoms with E-state index in [1.807, 2.05) is 24.3 Å². The molecule has 3 N–H and O–H groups in total. The van der Waals surface area contributed by atoms with Crippen LogP contribution in [0.25, 0.3) is 0 Å². The van der Waals surface area contributed by atoms with Crippen LogP contribution < -0.4 is 10.5 Å². The fourth-order valence-corrected chi connectivity index (χ4v) is 2.66. The van der Waals surface area contributed by atoms with Gasteiger partial charge in [-0.3, -0.25) is 0 Å². The Morgan fingerprint density at radius 3 is 2.76 bits per heavy atom. The zero-order valence-corrected chi connectivity index (χ0v) is 12.2. The summed E-state index contributed by atoms with van der Waals surface area (Å²) in [5, 5.41) is 9.35. The Labute approximate surface area is 126 Å². The van der Waals surface area contributed by atoms with Crippen LogP contribution in [0.4, 0.5) is 5.13 Å². The van der Waals surface area contributed by atoms with E-state index in [4.69, 9.17) is 15.6 Å². The maximum atomic E-state index is 11.1. The Hall–Kier alpha value is -2.34. The van der Waals surface area contributed by atoms with E-state index in [0.717, 1.165) is 17.7 Å². The molecule has 6 heteroatoms. The van der Waals surface area contributed by atoms with Gasteiger partial charge < -0.3 is 15.6 Å². The van der Waals surface area contributed by atoms with Crippen molar-refractivity contribution in [3.8, 4) is 5.75 Å². The third-order valence-corrected chi connectivity index (χ3v) is 3.68. The molecule has 2 aromatic rings. The van der Waals surface area contributed by atoms with E-state index in [2.05, 4.69) is 11.6 Å². The molecule has 5 nitrogen and oxygen atoms in total. The SMILES string of the molecule is C=CCCOc1ccc(Cc2sc(N)nc2C(=O)O)cc1. The van der Waals surface area contributed by atoms with Crippen molar-refractivity contribution in [1.29, 1.82) is 0 Å². The molecule has 1 aromatic carbocycles. The maximum absolute atomic E-state index is 11.1. The number of hydrogen-bond acceptors (Lipinski definition) is 5. The molecule has 0 fully saturated rings. The zero-order chi connectivity index (χ0) is 15.2. The molecule has 1 heterocycles. The number of nitrogens with two attached hydrogens (primary N) is 1. The Balaban J connectivity index is 2.06. The van der Waals surface area contributed by atoms with Crippen LogP contribution in [0, 0.1) is 0 Å². The van der Waals surface area contributed by atoms with Crippen LogP contribution in [0.2, 0.25) is 0 Å². The van der Waals surface area contributed by atoms with Crippen LogP contribution in [0.5, 0.6) is 5.75 Å². The molecule has 0 saturated heterocycles. The van der Waals surface area contributed by atoms with Crippen LogP contribution >= 0.6 is 11.3 Å². The Bertz CT molecular complexity index is 635. The maximum Gasteiger partial charge on any atom is 0.355 e. The van der Waals surface area contributed by atoms with E-state index < -0.39 is 5.97 Å². The summed E-state index contributed by atoms with van der Waals surface area (Å²) in [6, 6.07) is 7.54. The van der Waals surface area contributed by atoms with Crippen LogP contribution in [-0.2, 0) is 6.42 Å². The van der Waals surface area contributed by atoms with E-state index in [0.29, 0.717) is 17.9 Å². The molecule has 2 rings (SSSR count). The van der Waals surface area contributed by atoms with Crippen LogP contribution in [0.15, 0.2) is 36.9 Å². The number of nitrogen functional groups attached to an aromatic ring is 1. The molecule has 110 valence electrons. The lowest BCUT2D eigenvalue weighted by atomic mass is 10.1. The predicted octanol–water partition coefficient (Wildman–Crippen LogP) is 2.97. The minimum Gasteiger partial charge on any atom is -0.493 e. The molecular weight excluding hydrogens is 288 g/mol. The first-order valence-electron chi connectivity index (χ1n) is 6.41. The highest BCUT2D eigenvalue weighted by Gasteiger charge is 2.16. The first kappa shape index (κ1) is 15.1. The smallest absolute Gasteiger partial charge is 0.355 e. The molecule has 0 saturated carbocycles. The summed E-state index contributed by atoms with van der Waals surface area (Å²) < 4.78 is 5.52. The van der Waals surface area contributed by atoms with Gasteiger partial charge in [-0.25, -0.2) is 9.78 Å². The highest BCUT2D eigenvalue weighted by atomic mass is 32.1. The van der Waals surface area contributed by atoms with Gasteiger partial charge in [-0.05, 0) is 24.1 Å². The number of thiazole rings is 1. The molecule has 0 aliphatic heterocycles. The predicted molar refractivity (Wildman–Crippen MR) is 83.0 cm³/mol. The van der Waals surface area contributed by atoms with Crippen molar-refractivity contribution in [2.45, 2.75) is 12.8 Å². The van der Waals surface area contributed by atoms with Gasteiger partial charge in [0.05, 0.1) is 6.61 Å². The quantitative estimate of drug-likeness (QED) is 0.606. The first-order chi connectivity index (χ1) is 10.1. The highest BCUT2D eigenvalue weighted by Crippen LogP contribution is 2.24. The fourth-order valence-electron chi connectivity index (χ4n) is 1.81. The molecule has 0 aliphatic rings. The van der Waals surface area contributed by atoms with Gasteiger partial charge in [-0.1, -0.05) is 18.2 Å². The lowest BCUT2D eigenvalue weighted by Gasteiger charge is -2.05.